The van der Waals surface area contributed by atoms with E-state index in [1.54, 1.807) is 0 Å². The van der Waals surface area contributed by atoms with Crippen molar-refractivity contribution in [1.82, 2.24) is 9.21 Å². The van der Waals surface area contributed by atoms with Crippen LogP contribution >= 0.6 is 0 Å². The molecule has 0 radical (unpaired) electrons. The fraction of sp³-hybridized carbons (Fsp3) is 0.538. The Bertz CT molecular complexity index is 549. The SMILES string of the molecule is CCCN1CCN(S(=O)(=O)c2c(F)cccc2F)CC1. The summed E-state index contributed by atoms with van der Waals surface area (Å²) in [6.07, 6.45) is 0.995. The van der Waals surface area contributed by atoms with Crippen LogP contribution in [0.4, 0.5) is 8.78 Å². The van der Waals surface area contributed by atoms with E-state index in [2.05, 4.69) is 11.8 Å². The van der Waals surface area contributed by atoms with Crippen LogP contribution in [0.25, 0.3) is 0 Å². The van der Waals surface area contributed by atoms with Crippen LogP contribution < -0.4 is 0 Å². The molecule has 1 aromatic rings. The highest BCUT2D eigenvalue weighted by Gasteiger charge is 2.32. The third-order valence-electron chi connectivity index (χ3n) is 3.39. The van der Waals surface area contributed by atoms with E-state index in [-0.39, 0.29) is 13.1 Å². The molecule has 1 fully saturated rings. The molecule has 1 aliphatic rings. The predicted octanol–water partition coefficient (Wildman–Crippen LogP) is 1.68. The molecule has 0 bridgehead atoms. The minimum Gasteiger partial charge on any atom is -0.301 e. The van der Waals surface area contributed by atoms with E-state index in [1.165, 1.54) is 0 Å². The number of nitrogens with zero attached hydrogens (tertiary/aromatic N) is 2. The molecule has 1 saturated heterocycles. The average molecular weight is 304 g/mol. The molecule has 2 rings (SSSR count). The van der Waals surface area contributed by atoms with Crippen molar-refractivity contribution < 1.29 is 17.2 Å². The van der Waals surface area contributed by atoms with Gasteiger partial charge in [0.25, 0.3) is 0 Å². The number of piperazine rings is 1. The van der Waals surface area contributed by atoms with E-state index in [0.717, 1.165) is 35.5 Å². The highest BCUT2D eigenvalue weighted by Crippen LogP contribution is 2.23. The lowest BCUT2D eigenvalue weighted by molar-refractivity contribution is 0.188. The Morgan fingerprint density at radius 1 is 1.10 bits per heavy atom. The summed E-state index contributed by atoms with van der Waals surface area (Å²) in [6, 6.07) is 3.08. The molecule has 0 spiro atoms. The molecule has 20 heavy (non-hydrogen) atoms. The summed E-state index contributed by atoms with van der Waals surface area (Å²) in [6.45, 7) is 4.65. The van der Waals surface area contributed by atoms with Gasteiger partial charge in [-0.15, -0.1) is 0 Å². The van der Waals surface area contributed by atoms with Gasteiger partial charge >= 0.3 is 0 Å². The fourth-order valence-electron chi connectivity index (χ4n) is 2.37. The summed E-state index contributed by atoms with van der Waals surface area (Å²) < 4.78 is 53.1. The van der Waals surface area contributed by atoms with Crippen molar-refractivity contribution in [2.45, 2.75) is 18.2 Å². The monoisotopic (exact) mass is 304 g/mol. The first-order chi connectivity index (χ1) is 9.46. The molecule has 7 heteroatoms. The number of hydrogen-bond acceptors (Lipinski definition) is 3. The molecule has 0 aromatic heterocycles. The quantitative estimate of drug-likeness (QED) is 0.850. The Kier molecular flexibility index (Phi) is 4.72. The van der Waals surface area contributed by atoms with Crippen molar-refractivity contribution in [2.75, 3.05) is 32.7 Å². The van der Waals surface area contributed by atoms with E-state index in [9.17, 15) is 17.2 Å². The van der Waals surface area contributed by atoms with E-state index < -0.39 is 26.6 Å². The fourth-order valence-corrected chi connectivity index (χ4v) is 3.90. The Balaban J connectivity index is 2.20. The lowest BCUT2D eigenvalue weighted by atomic mass is 10.3. The maximum absolute atomic E-state index is 13.6. The topological polar surface area (TPSA) is 40.6 Å². The van der Waals surface area contributed by atoms with Crippen LogP contribution in [0, 0.1) is 11.6 Å². The Labute approximate surface area is 118 Å². The van der Waals surface area contributed by atoms with Gasteiger partial charge in [0, 0.05) is 26.2 Å². The minimum atomic E-state index is -4.11. The van der Waals surface area contributed by atoms with Crippen molar-refractivity contribution in [1.29, 1.82) is 0 Å². The van der Waals surface area contributed by atoms with E-state index in [4.69, 9.17) is 0 Å². The first-order valence-corrected chi connectivity index (χ1v) is 8.07. The van der Waals surface area contributed by atoms with Gasteiger partial charge in [-0.2, -0.15) is 4.31 Å². The van der Waals surface area contributed by atoms with Gasteiger partial charge in [-0.05, 0) is 25.1 Å². The van der Waals surface area contributed by atoms with Crippen LogP contribution in [-0.2, 0) is 10.0 Å². The van der Waals surface area contributed by atoms with E-state index in [0.29, 0.717) is 13.1 Å². The Morgan fingerprint density at radius 3 is 2.15 bits per heavy atom. The first kappa shape index (κ1) is 15.3. The second-order valence-electron chi connectivity index (χ2n) is 4.80. The van der Waals surface area contributed by atoms with Gasteiger partial charge in [0.15, 0.2) is 4.90 Å². The molecule has 0 amide bonds. The molecule has 1 aliphatic heterocycles. The van der Waals surface area contributed by atoms with Gasteiger partial charge < -0.3 is 4.90 Å². The summed E-state index contributed by atoms with van der Waals surface area (Å²) in [5.41, 5.74) is 0. The zero-order valence-corrected chi connectivity index (χ0v) is 12.2. The number of rotatable bonds is 4. The third kappa shape index (κ3) is 2.99. The molecule has 0 saturated carbocycles. The molecule has 4 nitrogen and oxygen atoms in total. The Morgan fingerprint density at radius 2 is 1.65 bits per heavy atom. The summed E-state index contributed by atoms with van der Waals surface area (Å²) in [4.78, 5) is 1.30. The van der Waals surface area contributed by atoms with Gasteiger partial charge in [-0.3, -0.25) is 0 Å². The van der Waals surface area contributed by atoms with E-state index in [1.807, 2.05) is 0 Å². The first-order valence-electron chi connectivity index (χ1n) is 6.63. The van der Waals surface area contributed by atoms with Crippen molar-refractivity contribution in [3.63, 3.8) is 0 Å². The minimum absolute atomic E-state index is 0.260. The third-order valence-corrected chi connectivity index (χ3v) is 5.34. The molecular weight excluding hydrogens is 286 g/mol. The number of sulfonamides is 1. The molecule has 0 atom stereocenters. The zero-order valence-electron chi connectivity index (χ0n) is 11.3. The summed E-state index contributed by atoms with van der Waals surface area (Å²) in [5, 5.41) is 0. The normalized spacial score (nSPS) is 18.4. The molecule has 0 aliphatic carbocycles. The smallest absolute Gasteiger partial charge is 0.249 e. The lowest BCUT2D eigenvalue weighted by Crippen LogP contribution is -2.48. The summed E-state index contributed by atoms with van der Waals surface area (Å²) in [5.74, 6) is -2.08. The van der Waals surface area contributed by atoms with Crippen molar-refractivity contribution in [3.05, 3.63) is 29.8 Å². The largest absolute Gasteiger partial charge is 0.301 e. The van der Waals surface area contributed by atoms with Crippen LogP contribution in [0.2, 0.25) is 0 Å². The van der Waals surface area contributed by atoms with Crippen LogP contribution in [0.15, 0.2) is 23.1 Å². The number of hydrogen-bond donors (Lipinski definition) is 0. The molecule has 1 heterocycles. The van der Waals surface area contributed by atoms with Crippen LogP contribution in [-0.4, -0.2) is 50.3 Å². The van der Waals surface area contributed by atoms with Crippen molar-refractivity contribution in [3.8, 4) is 0 Å². The average Bonchev–Trinajstić information content (AvgIpc) is 2.39. The number of benzene rings is 1. The van der Waals surface area contributed by atoms with Crippen molar-refractivity contribution in [2.24, 2.45) is 0 Å². The molecule has 0 N–H and O–H groups in total. The molecule has 0 unspecified atom stereocenters. The van der Waals surface area contributed by atoms with Crippen LogP contribution in [0.5, 0.6) is 0 Å². The predicted molar refractivity (Wildman–Crippen MR) is 71.8 cm³/mol. The van der Waals surface area contributed by atoms with Crippen LogP contribution in [0.3, 0.4) is 0 Å². The van der Waals surface area contributed by atoms with Gasteiger partial charge in [0.1, 0.15) is 11.6 Å². The molecule has 112 valence electrons. The molecule has 1 aromatic carbocycles. The van der Waals surface area contributed by atoms with Crippen molar-refractivity contribution >= 4 is 10.0 Å². The number of halogens is 2. The second kappa shape index (κ2) is 6.15. The standard InChI is InChI=1S/C13H18F2N2O2S/c1-2-6-16-7-9-17(10-8-16)20(18,19)13-11(14)4-3-5-12(13)15/h3-5H,2,6-10H2,1H3. The maximum atomic E-state index is 13.6. The van der Waals surface area contributed by atoms with Gasteiger partial charge in [0.2, 0.25) is 10.0 Å². The van der Waals surface area contributed by atoms with Crippen LogP contribution in [0.1, 0.15) is 13.3 Å². The zero-order chi connectivity index (χ0) is 14.8. The maximum Gasteiger partial charge on any atom is 0.249 e. The Hall–Kier alpha value is -1.05. The summed E-state index contributed by atoms with van der Waals surface area (Å²) >= 11 is 0. The highest BCUT2D eigenvalue weighted by molar-refractivity contribution is 7.89. The molecular formula is C13H18F2N2O2S. The lowest BCUT2D eigenvalue weighted by Gasteiger charge is -2.33. The van der Waals surface area contributed by atoms with E-state index >= 15 is 0 Å². The van der Waals surface area contributed by atoms with Gasteiger partial charge in [-0.1, -0.05) is 13.0 Å². The van der Waals surface area contributed by atoms with Gasteiger partial charge in [-0.25, -0.2) is 17.2 Å². The summed E-state index contributed by atoms with van der Waals surface area (Å²) in [7, 11) is -4.11. The second-order valence-corrected chi connectivity index (χ2v) is 6.67. The highest BCUT2D eigenvalue weighted by atomic mass is 32.2. The van der Waals surface area contributed by atoms with Gasteiger partial charge in [0.05, 0.1) is 0 Å².